The van der Waals surface area contributed by atoms with E-state index in [2.05, 4.69) is 6.92 Å². The van der Waals surface area contributed by atoms with Crippen molar-refractivity contribution < 1.29 is 4.21 Å². The van der Waals surface area contributed by atoms with Crippen LogP contribution in [0, 0.1) is 5.92 Å². The van der Waals surface area contributed by atoms with Crippen LogP contribution in [0.5, 0.6) is 0 Å². The number of hydrogen-bond acceptors (Lipinski definition) is 1. The molecule has 0 radical (unpaired) electrons. The second-order valence-electron chi connectivity index (χ2n) is 7.35. The first-order valence-corrected chi connectivity index (χ1v) is 11.7. The molecule has 2 atom stereocenters. The van der Waals surface area contributed by atoms with Gasteiger partial charge in [-0.25, -0.2) is 0 Å². The topological polar surface area (TPSA) is 17.1 Å². The van der Waals surface area contributed by atoms with Gasteiger partial charge in [0.25, 0.3) is 0 Å². The van der Waals surface area contributed by atoms with Crippen molar-refractivity contribution in [2.24, 2.45) is 5.92 Å². The van der Waals surface area contributed by atoms with Gasteiger partial charge in [-0.1, -0.05) is 96.8 Å². The summed E-state index contributed by atoms with van der Waals surface area (Å²) < 4.78 is 11.3. The molecule has 1 saturated heterocycles. The Labute approximate surface area is 142 Å². The van der Waals surface area contributed by atoms with Gasteiger partial charge in [0.2, 0.25) is 0 Å². The van der Waals surface area contributed by atoms with Crippen LogP contribution >= 0.6 is 0 Å². The van der Waals surface area contributed by atoms with Crippen LogP contribution in [-0.2, 0) is 10.8 Å². The third kappa shape index (κ3) is 11.7. The van der Waals surface area contributed by atoms with Gasteiger partial charge >= 0.3 is 0 Å². The third-order valence-electron chi connectivity index (χ3n) is 5.14. The SMILES string of the molecule is CCCCCCCCCCCCCCCCC1CCS(=O)C1. The van der Waals surface area contributed by atoms with Crippen LogP contribution in [0.15, 0.2) is 0 Å². The summed E-state index contributed by atoms with van der Waals surface area (Å²) in [6.45, 7) is 2.29. The number of rotatable bonds is 15. The molecule has 0 saturated carbocycles. The molecule has 0 aromatic heterocycles. The summed E-state index contributed by atoms with van der Waals surface area (Å²) in [7, 11) is -0.470. The van der Waals surface area contributed by atoms with Gasteiger partial charge < -0.3 is 0 Å². The molecule has 1 heterocycles. The molecule has 2 unspecified atom stereocenters. The van der Waals surface area contributed by atoms with E-state index in [1.54, 1.807) is 0 Å². The van der Waals surface area contributed by atoms with Crippen LogP contribution in [0.4, 0.5) is 0 Å². The van der Waals surface area contributed by atoms with Crippen molar-refractivity contribution in [1.29, 1.82) is 0 Å². The zero-order chi connectivity index (χ0) is 15.9. The minimum absolute atomic E-state index is 0.470. The van der Waals surface area contributed by atoms with E-state index in [9.17, 15) is 4.21 Å². The highest BCUT2D eigenvalue weighted by molar-refractivity contribution is 7.85. The molecular formula is C20H40OS. The molecule has 0 aliphatic carbocycles. The van der Waals surface area contributed by atoms with E-state index in [0.717, 1.165) is 17.4 Å². The van der Waals surface area contributed by atoms with E-state index in [1.807, 2.05) is 0 Å². The Balaban J connectivity index is 1.69. The van der Waals surface area contributed by atoms with Crippen molar-refractivity contribution >= 4 is 10.8 Å². The molecule has 0 spiro atoms. The van der Waals surface area contributed by atoms with Crippen molar-refractivity contribution in [3.63, 3.8) is 0 Å². The first-order valence-electron chi connectivity index (χ1n) is 10.2. The predicted octanol–water partition coefficient (Wildman–Crippen LogP) is 6.63. The summed E-state index contributed by atoms with van der Waals surface area (Å²) in [6.07, 6.45) is 22.7. The third-order valence-corrected chi connectivity index (χ3v) is 6.68. The molecular weight excluding hydrogens is 288 g/mol. The lowest BCUT2D eigenvalue weighted by Gasteiger charge is -2.07. The molecule has 0 N–H and O–H groups in total. The summed E-state index contributed by atoms with van der Waals surface area (Å²) in [5, 5.41) is 0. The highest BCUT2D eigenvalue weighted by Gasteiger charge is 2.19. The fraction of sp³-hybridized carbons (Fsp3) is 1.00. The van der Waals surface area contributed by atoms with Gasteiger partial charge in [0, 0.05) is 22.3 Å². The fourth-order valence-electron chi connectivity index (χ4n) is 3.58. The second kappa shape index (κ2) is 14.7. The van der Waals surface area contributed by atoms with Gasteiger partial charge in [-0.15, -0.1) is 0 Å². The summed E-state index contributed by atoms with van der Waals surface area (Å²) in [6, 6.07) is 0. The Bertz CT molecular complexity index is 264. The Kier molecular flexibility index (Phi) is 13.5. The van der Waals surface area contributed by atoms with E-state index >= 15 is 0 Å². The average Bonchev–Trinajstić information content (AvgIpc) is 2.93. The van der Waals surface area contributed by atoms with Gasteiger partial charge in [0.1, 0.15) is 0 Å². The Morgan fingerprint density at radius 1 is 0.727 bits per heavy atom. The van der Waals surface area contributed by atoms with E-state index in [-0.39, 0.29) is 0 Å². The maximum Gasteiger partial charge on any atom is 0.0263 e. The Morgan fingerprint density at radius 3 is 1.59 bits per heavy atom. The lowest BCUT2D eigenvalue weighted by molar-refractivity contribution is 0.485. The van der Waals surface area contributed by atoms with Crippen LogP contribution in [0.2, 0.25) is 0 Å². The standard InChI is InChI=1S/C20H40OS/c1-2-3-4-5-6-7-8-9-10-11-12-13-14-15-16-20-17-18-22(21)19-20/h20H,2-19H2,1H3. The van der Waals surface area contributed by atoms with E-state index in [1.165, 1.54) is 103 Å². The molecule has 1 fully saturated rings. The smallest absolute Gasteiger partial charge is 0.0263 e. The molecule has 1 aliphatic rings. The highest BCUT2D eigenvalue weighted by atomic mass is 32.2. The monoisotopic (exact) mass is 328 g/mol. The van der Waals surface area contributed by atoms with E-state index < -0.39 is 10.8 Å². The van der Waals surface area contributed by atoms with Crippen LogP contribution < -0.4 is 0 Å². The number of hydrogen-bond donors (Lipinski definition) is 0. The molecule has 0 amide bonds. The molecule has 0 aromatic rings. The van der Waals surface area contributed by atoms with Crippen LogP contribution in [0.1, 0.15) is 110 Å². The average molecular weight is 329 g/mol. The summed E-state index contributed by atoms with van der Waals surface area (Å²) >= 11 is 0. The van der Waals surface area contributed by atoms with Gasteiger partial charge in [-0.2, -0.15) is 0 Å². The first-order chi connectivity index (χ1) is 10.8. The van der Waals surface area contributed by atoms with Crippen molar-refractivity contribution in [2.45, 2.75) is 110 Å². The highest BCUT2D eigenvalue weighted by Crippen LogP contribution is 2.22. The van der Waals surface area contributed by atoms with E-state index in [0.29, 0.717) is 0 Å². The number of unbranched alkanes of at least 4 members (excludes halogenated alkanes) is 13. The Hall–Kier alpha value is 0.150. The maximum atomic E-state index is 11.3. The largest absolute Gasteiger partial charge is 0.260 e. The first kappa shape index (κ1) is 20.2. The van der Waals surface area contributed by atoms with Crippen molar-refractivity contribution in [3.05, 3.63) is 0 Å². The molecule has 1 rings (SSSR count). The molecule has 132 valence electrons. The van der Waals surface area contributed by atoms with Gasteiger partial charge in [0.05, 0.1) is 0 Å². The normalized spacial score (nSPS) is 21.5. The summed E-state index contributed by atoms with van der Waals surface area (Å²) in [5.74, 6) is 2.76. The molecule has 22 heavy (non-hydrogen) atoms. The lowest BCUT2D eigenvalue weighted by Crippen LogP contribution is -1.99. The van der Waals surface area contributed by atoms with Gasteiger partial charge in [-0.3, -0.25) is 4.21 Å². The van der Waals surface area contributed by atoms with Gasteiger partial charge in [0.15, 0.2) is 0 Å². The fourth-order valence-corrected chi connectivity index (χ4v) is 5.20. The quantitative estimate of drug-likeness (QED) is 0.308. The Morgan fingerprint density at radius 2 is 1.18 bits per heavy atom. The maximum absolute atomic E-state index is 11.3. The minimum atomic E-state index is -0.470. The molecule has 0 aromatic carbocycles. The molecule has 1 nitrogen and oxygen atoms in total. The molecule has 0 bridgehead atoms. The minimum Gasteiger partial charge on any atom is -0.260 e. The summed E-state index contributed by atoms with van der Waals surface area (Å²) in [5.41, 5.74) is 0. The van der Waals surface area contributed by atoms with Crippen LogP contribution in [-0.4, -0.2) is 15.7 Å². The summed E-state index contributed by atoms with van der Waals surface area (Å²) in [4.78, 5) is 0. The lowest BCUT2D eigenvalue weighted by atomic mass is 9.99. The molecule has 1 aliphatic heterocycles. The van der Waals surface area contributed by atoms with Crippen molar-refractivity contribution in [1.82, 2.24) is 0 Å². The second-order valence-corrected chi connectivity index (χ2v) is 8.97. The zero-order valence-corrected chi connectivity index (χ0v) is 15.9. The predicted molar refractivity (Wildman–Crippen MR) is 101 cm³/mol. The van der Waals surface area contributed by atoms with Crippen molar-refractivity contribution in [2.75, 3.05) is 11.5 Å². The van der Waals surface area contributed by atoms with Crippen LogP contribution in [0.25, 0.3) is 0 Å². The van der Waals surface area contributed by atoms with Crippen LogP contribution in [0.3, 0.4) is 0 Å². The zero-order valence-electron chi connectivity index (χ0n) is 15.1. The van der Waals surface area contributed by atoms with Crippen molar-refractivity contribution in [3.8, 4) is 0 Å². The van der Waals surface area contributed by atoms with Gasteiger partial charge in [-0.05, 0) is 18.8 Å². The van der Waals surface area contributed by atoms with E-state index in [4.69, 9.17) is 0 Å². The molecule has 2 heteroatoms.